The van der Waals surface area contributed by atoms with Gasteiger partial charge < -0.3 is 4.74 Å². The first-order valence-electron chi connectivity index (χ1n) is 2.80. The zero-order chi connectivity index (χ0) is 9.56. The number of ketones is 1. The highest BCUT2D eigenvalue weighted by Crippen LogP contribution is 1.94. The molecule has 62 valence electrons. The number of allylic oxidation sites excluding steroid dienone is 1. The van der Waals surface area contributed by atoms with Crippen LogP contribution in [0.2, 0.25) is 0 Å². The second-order valence-corrected chi connectivity index (χ2v) is 1.65. The highest BCUT2D eigenvalue weighted by molar-refractivity contribution is 6.11. The van der Waals surface area contributed by atoms with Gasteiger partial charge in [-0.15, -0.1) is 0 Å². The molecule has 0 saturated heterocycles. The monoisotopic (exact) mass is 168 g/mol. The summed E-state index contributed by atoms with van der Waals surface area (Å²) < 4.78 is 4.11. The molecule has 0 spiro atoms. The third-order valence-corrected chi connectivity index (χ3v) is 0.752. The number of hydrogen-bond donors (Lipinski definition) is 0. The summed E-state index contributed by atoms with van der Waals surface area (Å²) in [6.07, 6.45) is 0.434. The summed E-state index contributed by atoms with van der Waals surface area (Å²) >= 11 is 0. The van der Waals surface area contributed by atoms with Gasteiger partial charge in [0.25, 0.3) is 5.76 Å². The van der Waals surface area contributed by atoms with Crippen LogP contribution in [0.3, 0.4) is 0 Å². The Morgan fingerprint density at radius 2 is 1.92 bits per heavy atom. The second-order valence-electron chi connectivity index (χ2n) is 1.65. The van der Waals surface area contributed by atoms with E-state index in [0.29, 0.717) is 6.08 Å². The van der Waals surface area contributed by atoms with E-state index in [1.807, 2.05) is 0 Å². The van der Waals surface area contributed by atoms with Crippen LogP contribution in [0, 0.1) is 0 Å². The summed E-state index contributed by atoms with van der Waals surface area (Å²) in [6, 6.07) is 0. The van der Waals surface area contributed by atoms with Crippen LogP contribution in [0.4, 0.5) is 0 Å². The Bertz CT molecular complexity index is 302. The Hall–Kier alpha value is -1.96. The van der Waals surface area contributed by atoms with Crippen LogP contribution < -0.4 is 0 Å². The summed E-state index contributed by atoms with van der Waals surface area (Å²) in [7, 11) is 0. The van der Waals surface area contributed by atoms with Crippen molar-refractivity contribution in [2.24, 2.45) is 0 Å². The van der Waals surface area contributed by atoms with Crippen LogP contribution in [-0.4, -0.2) is 23.6 Å². The van der Waals surface area contributed by atoms with Gasteiger partial charge in [-0.2, -0.15) is 0 Å². The predicted octanol–water partition coefficient (Wildman–Crippen LogP) is -0.778. The molecular weight excluding hydrogens is 164 g/mol. The third kappa shape index (κ3) is 3.27. The van der Waals surface area contributed by atoms with Gasteiger partial charge in [0.2, 0.25) is 5.78 Å². The fourth-order valence-corrected chi connectivity index (χ4v) is 0.384. The molecule has 0 amide bonds. The fraction of sp³-hybridized carbons (Fsp3) is 0.143. The maximum absolute atomic E-state index is 10.6. The lowest BCUT2D eigenvalue weighted by atomic mass is 10.3. The average molecular weight is 168 g/mol. The maximum Gasteiger partial charge on any atom is 0.308 e. The first-order chi connectivity index (χ1) is 5.61. The Labute approximate surface area is 67.3 Å². The summed E-state index contributed by atoms with van der Waals surface area (Å²) in [4.78, 5) is 40.4. The highest BCUT2D eigenvalue weighted by Gasteiger charge is 2.11. The van der Waals surface area contributed by atoms with Crippen LogP contribution in [0.5, 0.6) is 0 Å². The Morgan fingerprint density at radius 1 is 1.33 bits per heavy atom. The lowest BCUT2D eigenvalue weighted by Crippen LogP contribution is -2.07. The molecule has 0 unspecified atom stereocenters. The minimum atomic E-state index is -1.03. The van der Waals surface area contributed by atoms with Gasteiger partial charge in [0.05, 0.1) is 6.08 Å². The molecule has 0 saturated carbocycles. The van der Waals surface area contributed by atoms with Crippen LogP contribution in [0.25, 0.3) is 0 Å². The van der Waals surface area contributed by atoms with Gasteiger partial charge >= 0.3 is 5.97 Å². The summed E-state index contributed by atoms with van der Waals surface area (Å²) in [5.41, 5.74) is 0. The van der Waals surface area contributed by atoms with Crippen molar-refractivity contribution in [3.63, 3.8) is 0 Å². The van der Waals surface area contributed by atoms with Gasteiger partial charge in [-0.05, 0) is 0 Å². The molecular formula is C7H4O5. The van der Waals surface area contributed by atoms with Gasteiger partial charge in [0, 0.05) is 6.92 Å². The summed E-state index contributed by atoms with van der Waals surface area (Å²) in [5.74, 6) is -0.485. The third-order valence-electron chi connectivity index (χ3n) is 0.752. The summed E-state index contributed by atoms with van der Waals surface area (Å²) in [6.45, 7) is 1.01. The SMILES string of the molecule is CC(=O)OC(=C=O)C(=O)C=C=O. The molecule has 0 fully saturated rings. The van der Waals surface area contributed by atoms with Crippen LogP contribution in [-0.2, 0) is 23.9 Å². The van der Waals surface area contributed by atoms with Gasteiger partial charge in [0.15, 0.2) is 5.94 Å². The van der Waals surface area contributed by atoms with Gasteiger partial charge in [-0.1, -0.05) is 0 Å². The average Bonchev–Trinajstić information content (AvgIpc) is 2.00. The van der Waals surface area contributed by atoms with Crippen LogP contribution >= 0.6 is 0 Å². The Balaban J connectivity index is 4.59. The number of esters is 1. The lowest BCUT2D eigenvalue weighted by Gasteiger charge is -1.95. The molecule has 5 nitrogen and oxygen atoms in total. The standard InChI is InChI=1S/C7H4O5/c1-5(10)12-7(4-9)6(11)2-3-8/h2H,1H3. The van der Waals surface area contributed by atoms with Crippen molar-refractivity contribution in [3.8, 4) is 0 Å². The number of rotatable bonds is 3. The minimum Gasteiger partial charge on any atom is -0.410 e. The largest absolute Gasteiger partial charge is 0.410 e. The molecule has 5 heteroatoms. The van der Waals surface area contributed by atoms with E-state index in [1.165, 1.54) is 0 Å². The zero-order valence-electron chi connectivity index (χ0n) is 6.12. The normalized spacial score (nSPS) is 7.42. The maximum atomic E-state index is 10.6. The molecule has 0 aliphatic rings. The number of carbonyl (C=O) groups excluding carboxylic acids is 4. The molecule has 0 atom stereocenters. The van der Waals surface area contributed by atoms with Gasteiger partial charge in [0.1, 0.15) is 5.94 Å². The van der Waals surface area contributed by atoms with Crippen LogP contribution in [0.1, 0.15) is 6.92 Å². The van der Waals surface area contributed by atoms with E-state index >= 15 is 0 Å². The lowest BCUT2D eigenvalue weighted by molar-refractivity contribution is -0.139. The molecule has 0 aliphatic carbocycles. The Morgan fingerprint density at radius 3 is 2.25 bits per heavy atom. The molecule has 0 aromatic carbocycles. The smallest absolute Gasteiger partial charge is 0.308 e. The van der Waals surface area contributed by atoms with Crippen molar-refractivity contribution >= 4 is 23.6 Å². The highest BCUT2D eigenvalue weighted by atomic mass is 16.5. The van der Waals surface area contributed by atoms with Crippen molar-refractivity contribution in [2.45, 2.75) is 6.92 Å². The fourth-order valence-electron chi connectivity index (χ4n) is 0.384. The van der Waals surface area contributed by atoms with E-state index in [-0.39, 0.29) is 0 Å². The number of ether oxygens (including phenoxy) is 1. The molecule has 0 aromatic rings. The molecule has 0 heterocycles. The van der Waals surface area contributed by atoms with Crippen molar-refractivity contribution in [1.82, 2.24) is 0 Å². The molecule has 0 rings (SSSR count). The molecule has 0 N–H and O–H groups in total. The first kappa shape index (κ1) is 10.0. The first-order valence-corrected chi connectivity index (χ1v) is 2.80. The van der Waals surface area contributed by atoms with Crippen molar-refractivity contribution in [3.05, 3.63) is 11.8 Å². The molecule has 0 aromatic heterocycles. The molecule has 0 radical (unpaired) electrons. The van der Waals surface area contributed by atoms with Gasteiger partial charge in [-0.25, -0.2) is 9.59 Å². The molecule has 0 aliphatic heterocycles. The van der Waals surface area contributed by atoms with E-state index < -0.39 is 17.5 Å². The summed E-state index contributed by atoms with van der Waals surface area (Å²) in [5, 5.41) is 0. The van der Waals surface area contributed by atoms with Crippen LogP contribution in [0.15, 0.2) is 11.8 Å². The molecule has 12 heavy (non-hydrogen) atoms. The van der Waals surface area contributed by atoms with E-state index in [1.54, 1.807) is 0 Å². The number of carbonyl (C=O) groups is 2. The quantitative estimate of drug-likeness (QED) is 0.239. The second kappa shape index (κ2) is 4.79. The van der Waals surface area contributed by atoms with E-state index in [4.69, 9.17) is 0 Å². The van der Waals surface area contributed by atoms with E-state index in [2.05, 4.69) is 4.74 Å². The number of hydrogen-bond acceptors (Lipinski definition) is 5. The Kier molecular flexibility index (Phi) is 4.01. The van der Waals surface area contributed by atoms with Crippen molar-refractivity contribution < 1.29 is 23.9 Å². The topological polar surface area (TPSA) is 77.5 Å². The van der Waals surface area contributed by atoms with E-state index in [9.17, 15) is 19.2 Å². The minimum absolute atomic E-state index is 0.434. The van der Waals surface area contributed by atoms with Crippen molar-refractivity contribution in [2.75, 3.05) is 0 Å². The van der Waals surface area contributed by atoms with Crippen molar-refractivity contribution in [1.29, 1.82) is 0 Å². The van der Waals surface area contributed by atoms with E-state index in [0.717, 1.165) is 18.8 Å². The predicted molar refractivity (Wildman–Crippen MR) is 36.2 cm³/mol. The van der Waals surface area contributed by atoms with Gasteiger partial charge in [-0.3, -0.25) is 9.59 Å². The molecule has 0 bridgehead atoms. The zero-order valence-corrected chi connectivity index (χ0v) is 6.12.